The standard InChI is InChI=1S/C13H25N3S/c1-4-7-14-13(6-9-17-3)12-10-15-16(11-12)8-5-2/h10-11,13-14H,4-9H2,1-3H3. The molecule has 98 valence electrons. The van der Waals surface area contributed by atoms with E-state index in [-0.39, 0.29) is 0 Å². The Balaban J connectivity index is 2.58. The summed E-state index contributed by atoms with van der Waals surface area (Å²) in [5, 5.41) is 8.02. The number of aromatic nitrogens is 2. The van der Waals surface area contributed by atoms with E-state index in [1.54, 1.807) is 0 Å². The van der Waals surface area contributed by atoms with Gasteiger partial charge in [0.1, 0.15) is 0 Å². The Morgan fingerprint density at radius 3 is 2.88 bits per heavy atom. The number of nitrogens with zero attached hydrogens (tertiary/aromatic N) is 2. The van der Waals surface area contributed by atoms with Gasteiger partial charge in [0.05, 0.1) is 6.20 Å². The fourth-order valence-corrected chi connectivity index (χ4v) is 2.32. The quantitative estimate of drug-likeness (QED) is 0.735. The van der Waals surface area contributed by atoms with Gasteiger partial charge in [-0.25, -0.2) is 0 Å². The molecule has 1 N–H and O–H groups in total. The molecule has 1 atom stereocenters. The topological polar surface area (TPSA) is 29.9 Å². The lowest BCUT2D eigenvalue weighted by molar-refractivity contribution is 0.520. The summed E-state index contributed by atoms with van der Waals surface area (Å²) in [4.78, 5) is 0. The summed E-state index contributed by atoms with van der Waals surface area (Å²) < 4.78 is 2.05. The van der Waals surface area contributed by atoms with Crippen molar-refractivity contribution in [1.29, 1.82) is 0 Å². The van der Waals surface area contributed by atoms with Crippen molar-refractivity contribution >= 4 is 11.8 Å². The van der Waals surface area contributed by atoms with Gasteiger partial charge in [-0.15, -0.1) is 0 Å². The van der Waals surface area contributed by atoms with Crippen molar-refractivity contribution in [3.05, 3.63) is 18.0 Å². The highest BCUT2D eigenvalue weighted by atomic mass is 32.2. The Morgan fingerprint density at radius 2 is 2.24 bits per heavy atom. The lowest BCUT2D eigenvalue weighted by Crippen LogP contribution is -2.22. The van der Waals surface area contributed by atoms with Crippen LogP contribution in [0, 0.1) is 0 Å². The first-order valence-corrected chi connectivity index (χ1v) is 7.95. The first-order valence-electron chi connectivity index (χ1n) is 6.56. The van der Waals surface area contributed by atoms with E-state index in [4.69, 9.17) is 0 Å². The van der Waals surface area contributed by atoms with Gasteiger partial charge < -0.3 is 5.32 Å². The van der Waals surface area contributed by atoms with Crippen LogP contribution in [0.5, 0.6) is 0 Å². The molecule has 1 rings (SSSR count). The second-order valence-electron chi connectivity index (χ2n) is 4.32. The van der Waals surface area contributed by atoms with Gasteiger partial charge in [0.15, 0.2) is 0 Å². The molecule has 0 radical (unpaired) electrons. The molecule has 0 spiro atoms. The van der Waals surface area contributed by atoms with Crippen LogP contribution < -0.4 is 5.32 Å². The van der Waals surface area contributed by atoms with E-state index in [9.17, 15) is 0 Å². The van der Waals surface area contributed by atoms with E-state index in [1.807, 2.05) is 18.0 Å². The first-order chi connectivity index (χ1) is 8.31. The average molecular weight is 255 g/mol. The zero-order valence-corrected chi connectivity index (χ0v) is 12.1. The molecule has 0 aliphatic carbocycles. The number of aryl methyl sites for hydroxylation is 1. The maximum absolute atomic E-state index is 4.41. The van der Waals surface area contributed by atoms with Gasteiger partial charge in [0.2, 0.25) is 0 Å². The summed E-state index contributed by atoms with van der Waals surface area (Å²) in [5.41, 5.74) is 1.33. The second-order valence-corrected chi connectivity index (χ2v) is 5.31. The van der Waals surface area contributed by atoms with Gasteiger partial charge in [0.25, 0.3) is 0 Å². The molecular weight excluding hydrogens is 230 g/mol. The van der Waals surface area contributed by atoms with Crippen LogP contribution in [-0.2, 0) is 6.54 Å². The van der Waals surface area contributed by atoms with E-state index in [2.05, 4.69) is 41.4 Å². The highest BCUT2D eigenvalue weighted by molar-refractivity contribution is 7.98. The van der Waals surface area contributed by atoms with Crippen LogP contribution >= 0.6 is 11.8 Å². The first kappa shape index (κ1) is 14.6. The van der Waals surface area contributed by atoms with Crippen molar-refractivity contribution in [2.24, 2.45) is 0 Å². The number of thioether (sulfide) groups is 1. The summed E-state index contributed by atoms with van der Waals surface area (Å²) in [6.45, 7) is 6.49. The molecule has 17 heavy (non-hydrogen) atoms. The molecule has 1 aromatic heterocycles. The molecule has 0 amide bonds. The molecule has 3 nitrogen and oxygen atoms in total. The highest BCUT2D eigenvalue weighted by Gasteiger charge is 2.12. The molecule has 0 fully saturated rings. The van der Waals surface area contributed by atoms with Crippen LogP contribution in [0.2, 0.25) is 0 Å². The van der Waals surface area contributed by atoms with Crippen LogP contribution in [-0.4, -0.2) is 28.3 Å². The van der Waals surface area contributed by atoms with Crippen molar-refractivity contribution in [1.82, 2.24) is 15.1 Å². The summed E-state index contributed by atoms with van der Waals surface area (Å²) in [5.74, 6) is 1.19. The SMILES string of the molecule is CCCNC(CCSC)c1cnn(CCC)c1. The van der Waals surface area contributed by atoms with E-state index in [0.717, 1.165) is 19.5 Å². The van der Waals surface area contributed by atoms with Gasteiger partial charge in [-0.1, -0.05) is 13.8 Å². The van der Waals surface area contributed by atoms with Gasteiger partial charge >= 0.3 is 0 Å². The molecule has 0 aromatic carbocycles. The third kappa shape index (κ3) is 5.13. The summed E-state index contributed by atoms with van der Waals surface area (Å²) in [6.07, 6.45) is 9.87. The maximum Gasteiger partial charge on any atom is 0.0537 e. The Morgan fingerprint density at radius 1 is 1.41 bits per heavy atom. The molecule has 0 saturated carbocycles. The Kier molecular flexibility index (Phi) is 7.37. The van der Waals surface area contributed by atoms with Gasteiger partial charge in [0, 0.05) is 24.3 Å². The highest BCUT2D eigenvalue weighted by Crippen LogP contribution is 2.18. The van der Waals surface area contributed by atoms with Crippen LogP contribution in [0.3, 0.4) is 0 Å². The van der Waals surface area contributed by atoms with Crippen molar-refractivity contribution in [3.63, 3.8) is 0 Å². The summed E-state index contributed by atoms with van der Waals surface area (Å²) in [7, 11) is 0. The summed E-state index contributed by atoms with van der Waals surface area (Å²) in [6, 6.07) is 0.466. The van der Waals surface area contributed by atoms with Crippen molar-refractivity contribution in [3.8, 4) is 0 Å². The van der Waals surface area contributed by atoms with Crippen LogP contribution in [0.1, 0.15) is 44.7 Å². The number of nitrogens with one attached hydrogen (secondary N) is 1. The fraction of sp³-hybridized carbons (Fsp3) is 0.769. The summed E-state index contributed by atoms with van der Waals surface area (Å²) >= 11 is 1.91. The molecular formula is C13H25N3S. The van der Waals surface area contributed by atoms with E-state index in [0.29, 0.717) is 6.04 Å². The van der Waals surface area contributed by atoms with Gasteiger partial charge in [-0.3, -0.25) is 4.68 Å². The Bertz CT molecular complexity index is 291. The zero-order valence-electron chi connectivity index (χ0n) is 11.3. The lowest BCUT2D eigenvalue weighted by Gasteiger charge is -2.16. The minimum atomic E-state index is 0.466. The molecule has 4 heteroatoms. The van der Waals surface area contributed by atoms with E-state index >= 15 is 0 Å². The molecule has 0 bridgehead atoms. The minimum absolute atomic E-state index is 0.466. The Hall–Kier alpha value is -0.480. The predicted octanol–water partition coefficient (Wildman–Crippen LogP) is 3.09. The van der Waals surface area contributed by atoms with Crippen molar-refractivity contribution in [2.45, 2.75) is 45.7 Å². The predicted molar refractivity (Wildman–Crippen MR) is 76.6 cm³/mol. The third-order valence-corrected chi connectivity index (χ3v) is 3.40. The van der Waals surface area contributed by atoms with E-state index < -0.39 is 0 Å². The van der Waals surface area contributed by atoms with Crippen molar-refractivity contribution < 1.29 is 0 Å². The lowest BCUT2D eigenvalue weighted by atomic mass is 10.1. The number of rotatable bonds is 9. The second kappa shape index (κ2) is 8.59. The molecule has 0 aliphatic heterocycles. The minimum Gasteiger partial charge on any atom is -0.310 e. The third-order valence-electron chi connectivity index (χ3n) is 2.76. The molecule has 1 heterocycles. The normalized spacial score (nSPS) is 12.9. The maximum atomic E-state index is 4.41. The number of hydrogen-bond acceptors (Lipinski definition) is 3. The smallest absolute Gasteiger partial charge is 0.0537 e. The molecule has 0 saturated heterocycles. The molecule has 0 aliphatic rings. The molecule has 1 unspecified atom stereocenters. The fourth-order valence-electron chi connectivity index (χ4n) is 1.85. The monoisotopic (exact) mass is 255 g/mol. The van der Waals surface area contributed by atoms with E-state index in [1.165, 1.54) is 24.2 Å². The van der Waals surface area contributed by atoms with Gasteiger partial charge in [-0.05, 0) is 37.8 Å². The van der Waals surface area contributed by atoms with Crippen LogP contribution in [0.25, 0.3) is 0 Å². The van der Waals surface area contributed by atoms with Gasteiger partial charge in [-0.2, -0.15) is 16.9 Å². The number of hydrogen-bond donors (Lipinski definition) is 1. The zero-order chi connectivity index (χ0) is 12.5. The van der Waals surface area contributed by atoms with Crippen molar-refractivity contribution in [2.75, 3.05) is 18.6 Å². The van der Waals surface area contributed by atoms with Crippen LogP contribution in [0.4, 0.5) is 0 Å². The average Bonchev–Trinajstić information content (AvgIpc) is 2.78. The molecule has 1 aromatic rings. The largest absolute Gasteiger partial charge is 0.310 e. The Labute approximate surface area is 109 Å². The van der Waals surface area contributed by atoms with Crippen LogP contribution in [0.15, 0.2) is 12.4 Å².